The average molecular weight is 344 g/mol. The van der Waals surface area contributed by atoms with Crippen molar-refractivity contribution in [3.05, 3.63) is 28.8 Å². The Hall–Kier alpha value is -1.31. The number of ether oxygens (including phenoxy) is 1. The summed E-state index contributed by atoms with van der Waals surface area (Å²) in [6.07, 6.45) is 0. The van der Waals surface area contributed by atoms with Gasteiger partial charge in [0.15, 0.2) is 10.9 Å². The summed E-state index contributed by atoms with van der Waals surface area (Å²) in [5.41, 5.74) is 0.882. The maximum atomic E-state index is 11.8. The normalized spacial score (nSPS) is 10.4. The standard InChI is InChI=1S/C13H14ClN3O2S2/c1-3-20-13-17-16-12(21-13)15-11(18)7-19-10-5-4-9(14)6-8(10)2/h4-6H,3,7H2,1-2H3,(H,15,16,18). The minimum Gasteiger partial charge on any atom is -0.483 e. The van der Waals surface area contributed by atoms with Crippen molar-refractivity contribution in [1.82, 2.24) is 10.2 Å². The molecule has 112 valence electrons. The number of hydrogen-bond donors (Lipinski definition) is 1. The van der Waals surface area contributed by atoms with Gasteiger partial charge < -0.3 is 4.74 Å². The predicted octanol–water partition coefficient (Wildman–Crippen LogP) is 3.63. The van der Waals surface area contributed by atoms with E-state index in [1.54, 1.807) is 30.0 Å². The fourth-order valence-corrected chi connectivity index (χ4v) is 3.41. The van der Waals surface area contributed by atoms with Gasteiger partial charge in [-0.1, -0.05) is 41.6 Å². The third kappa shape index (κ3) is 4.87. The van der Waals surface area contributed by atoms with E-state index in [0.717, 1.165) is 15.7 Å². The van der Waals surface area contributed by atoms with Gasteiger partial charge in [-0.25, -0.2) is 0 Å². The quantitative estimate of drug-likeness (QED) is 0.641. The van der Waals surface area contributed by atoms with Crippen LogP contribution in [0.2, 0.25) is 5.02 Å². The second kappa shape index (κ2) is 7.63. The molecule has 0 spiro atoms. The highest BCUT2D eigenvalue weighted by Gasteiger charge is 2.09. The molecule has 0 fully saturated rings. The van der Waals surface area contributed by atoms with Crippen LogP contribution in [0.4, 0.5) is 5.13 Å². The number of anilines is 1. The van der Waals surface area contributed by atoms with Crippen molar-refractivity contribution >= 4 is 45.7 Å². The number of nitrogens with zero attached hydrogens (tertiary/aromatic N) is 2. The molecule has 1 aromatic carbocycles. The smallest absolute Gasteiger partial charge is 0.264 e. The molecule has 1 N–H and O–H groups in total. The Morgan fingerprint density at radius 1 is 1.48 bits per heavy atom. The Kier molecular flexibility index (Phi) is 5.84. The van der Waals surface area contributed by atoms with E-state index in [4.69, 9.17) is 16.3 Å². The van der Waals surface area contributed by atoms with E-state index in [0.29, 0.717) is 15.9 Å². The SMILES string of the molecule is CCSc1nnc(NC(=O)COc2ccc(Cl)cc2C)s1. The Balaban J connectivity index is 1.86. The fraction of sp³-hybridized carbons (Fsp3) is 0.308. The van der Waals surface area contributed by atoms with E-state index in [2.05, 4.69) is 15.5 Å². The maximum absolute atomic E-state index is 11.8. The maximum Gasteiger partial charge on any atom is 0.264 e. The zero-order valence-corrected chi connectivity index (χ0v) is 13.9. The molecule has 0 bridgehead atoms. The van der Waals surface area contributed by atoms with Crippen molar-refractivity contribution < 1.29 is 9.53 Å². The third-order valence-corrected chi connectivity index (χ3v) is 4.51. The second-order valence-electron chi connectivity index (χ2n) is 4.05. The van der Waals surface area contributed by atoms with Crippen molar-refractivity contribution in [3.63, 3.8) is 0 Å². The van der Waals surface area contributed by atoms with Crippen molar-refractivity contribution in [2.24, 2.45) is 0 Å². The summed E-state index contributed by atoms with van der Waals surface area (Å²) in [7, 11) is 0. The highest BCUT2D eigenvalue weighted by Crippen LogP contribution is 2.25. The van der Waals surface area contributed by atoms with Crippen LogP contribution in [0, 0.1) is 6.92 Å². The molecule has 0 saturated carbocycles. The van der Waals surface area contributed by atoms with Crippen molar-refractivity contribution in [1.29, 1.82) is 0 Å². The summed E-state index contributed by atoms with van der Waals surface area (Å²) in [4.78, 5) is 11.8. The number of carbonyl (C=O) groups excluding carboxylic acids is 1. The lowest BCUT2D eigenvalue weighted by Gasteiger charge is -2.08. The third-order valence-electron chi connectivity index (χ3n) is 2.42. The van der Waals surface area contributed by atoms with Crippen molar-refractivity contribution in [2.45, 2.75) is 18.2 Å². The van der Waals surface area contributed by atoms with E-state index in [-0.39, 0.29) is 12.5 Å². The minimum absolute atomic E-state index is 0.0850. The Morgan fingerprint density at radius 2 is 2.29 bits per heavy atom. The Morgan fingerprint density at radius 3 is 3.00 bits per heavy atom. The Labute approximate surface area is 136 Å². The lowest BCUT2D eigenvalue weighted by atomic mass is 10.2. The minimum atomic E-state index is -0.270. The van der Waals surface area contributed by atoms with Crippen LogP contribution in [0.5, 0.6) is 5.75 Å². The summed E-state index contributed by atoms with van der Waals surface area (Å²) in [5.74, 6) is 1.28. The monoisotopic (exact) mass is 343 g/mol. The molecular formula is C13H14ClN3O2S2. The van der Waals surface area contributed by atoms with Crippen LogP contribution < -0.4 is 10.1 Å². The van der Waals surface area contributed by atoms with Gasteiger partial charge in [-0.3, -0.25) is 10.1 Å². The summed E-state index contributed by atoms with van der Waals surface area (Å²) in [5, 5.41) is 11.6. The molecule has 0 unspecified atom stereocenters. The van der Waals surface area contributed by atoms with Gasteiger partial charge in [-0.15, -0.1) is 10.2 Å². The number of hydrogen-bond acceptors (Lipinski definition) is 6. The molecule has 0 aliphatic rings. The van der Waals surface area contributed by atoms with Gasteiger partial charge in [0.25, 0.3) is 5.91 Å². The van der Waals surface area contributed by atoms with Crippen LogP contribution in [0.15, 0.2) is 22.5 Å². The van der Waals surface area contributed by atoms with Gasteiger partial charge >= 0.3 is 0 Å². The van der Waals surface area contributed by atoms with Gasteiger partial charge in [-0.05, 0) is 36.4 Å². The molecule has 0 aliphatic carbocycles. The lowest BCUT2D eigenvalue weighted by Crippen LogP contribution is -2.20. The van der Waals surface area contributed by atoms with Crippen LogP contribution in [-0.4, -0.2) is 28.5 Å². The predicted molar refractivity (Wildman–Crippen MR) is 86.6 cm³/mol. The van der Waals surface area contributed by atoms with Crippen LogP contribution in [0.3, 0.4) is 0 Å². The highest BCUT2D eigenvalue weighted by atomic mass is 35.5. The van der Waals surface area contributed by atoms with Gasteiger partial charge in [0.2, 0.25) is 5.13 Å². The Bertz CT molecular complexity index is 634. The lowest BCUT2D eigenvalue weighted by molar-refractivity contribution is -0.118. The number of aromatic nitrogens is 2. The van der Waals surface area contributed by atoms with E-state index in [9.17, 15) is 4.79 Å². The number of thioether (sulfide) groups is 1. The molecule has 2 aromatic rings. The number of halogens is 1. The second-order valence-corrected chi connectivity index (χ2v) is 6.98. The molecule has 5 nitrogen and oxygen atoms in total. The summed E-state index contributed by atoms with van der Waals surface area (Å²) in [6, 6.07) is 5.25. The van der Waals surface area contributed by atoms with Gasteiger partial charge in [0.1, 0.15) is 5.75 Å². The van der Waals surface area contributed by atoms with Gasteiger partial charge in [-0.2, -0.15) is 0 Å². The van der Waals surface area contributed by atoms with Crippen LogP contribution in [0.25, 0.3) is 0 Å². The van der Waals surface area contributed by atoms with Gasteiger partial charge in [0.05, 0.1) is 0 Å². The fourth-order valence-electron chi connectivity index (χ4n) is 1.52. The van der Waals surface area contributed by atoms with Crippen molar-refractivity contribution in [3.8, 4) is 5.75 Å². The summed E-state index contributed by atoms with van der Waals surface area (Å²) < 4.78 is 6.30. The summed E-state index contributed by atoms with van der Waals surface area (Å²) >= 11 is 8.80. The van der Waals surface area contributed by atoms with Crippen LogP contribution >= 0.6 is 34.7 Å². The first-order chi connectivity index (χ1) is 10.1. The molecular weight excluding hydrogens is 330 g/mol. The summed E-state index contributed by atoms with van der Waals surface area (Å²) in [6.45, 7) is 3.82. The molecule has 8 heteroatoms. The molecule has 2 rings (SSSR count). The number of aryl methyl sites for hydroxylation is 1. The zero-order valence-electron chi connectivity index (χ0n) is 11.6. The molecule has 0 aliphatic heterocycles. The molecule has 0 atom stereocenters. The van der Waals surface area contributed by atoms with Crippen molar-refractivity contribution in [2.75, 3.05) is 17.7 Å². The molecule has 1 amide bonds. The number of benzene rings is 1. The largest absolute Gasteiger partial charge is 0.483 e. The topological polar surface area (TPSA) is 64.1 Å². The zero-order chi connectivity index (χ0) is 15.2. The van der Waals surface area contributed by atoms with E-state index < -0.39 is 0 Å². The first-order valence-electron chi connectivity index (χ1n) is 6.23. The first-order valence-corrected chi connectivity index (χ1v) is 8.41. The van der Waals surface area contributed by atoms with Gasteiger partial charge in [0, 0.05) is 5.02 Å². The number of rotatable bonds is 6. The number of nitrogens with one attached hydrogen (secondary N) is 1. The average Bonchev–Trinajstić information content (AvgIpc) is 2.85. The number of carbonyl (C=O) groups is 1. The molecule has 21 heavy (non-hydrogen) atoms. The molecule has 0 radical (unpaired) electrons. The van der Waals surface area contributed by atoms with Crippen LogP contribution in [0.1, 0.15) is 12.5 Å². The highest BCUT2D eigenvalue weighted by molar-refractivity contribution is 8.01. The van der Waals surface area contributed by atoms with Crippen LogP contribution in [-0.2, 0) is 4.79 Å². The molecule has 1 aromatic heterocycles. The van der Waals surface area contributed by atoms with E-state index in [1.165, 1.54) is 11.3 Å². The number of amides is 1. The van der Waals surface area contributed by atoms with E-state index >= 15 is 0 Å². The van der Waals surface area contributed by atoms with E-state index in [1.807, 2.05) is 13.8 Å². The molecule has 1 heterocycles. The first kappa shape index (κ1) is 16.1. The molecule has 0 saturated heterocycles.